The van der Waals surface area contributed by atoms with Crippen LogP contribution in [0.5, 0.6) is 23.0 Å². The van der Waals surface area contributed by atoms with E-state index in [4.69, 9.17) is 18.9 Å². The Morgan fingerprint density at radius 2 is 1.41 bits per heavy atom. The van der Waals surface area contributed by atoms with Crippen LogP contribution in [0.2, 0.25) is 0 Å². The zero-order chi connectivity index (χ0) is 25.6. The Labute approximate surface area is 214 Å². The summed E-state index contributed by atoms with van der Waals surface area (Å²) in [6, 6.07) is 18.3. The SMILES string of the molecule is CN(C)c1ccc(C2(C(=O)Nc3ccc4c(c3)OCCO4)CC(=O)N2c2ccc3c(c2)OCCO3)cc1. The largest absolute Gasteiger partial charge is 0.486 e. The number of amides is 2. The van der Waals surface area contributed by atoms with E-state index in [1.165, 1.54) is 0 Å². The standard InChI is InChI=1S/C28H27N3O6/c1-30(2)20-6-3-18(4-7-20)28(27(33)29-19-5-9-22-24(15-19)36-13-11-34-22)17-26(32)31(28)21-8-10-23-25(16-21)37-14-12-35-23/h3-10,15-16H,11-14,17H2,1-2H3,(H,29,33). The number of β-lactam (4-membered cyclic amide) rings is 1. The summed E-state index contributed by atoms with van der Waals surface area (Å²) < 4.78 is 22.7. The van der Waals surface area contributed by atoms with Crippen molar-refractivity contribution in [3.8, 4) is 23.0 Å². The van der Waals surface area contributed by atoms with Crippen LogP contribution in [-0.2, 0) is 15.1 Å². The molecule has 3 aromatic carbocycles. The molecule has 3 aromatic rings. The zero-order valence-corrected chi connectivity index (χ0v) is 20.7. The highest BCUT2D eigenvalue weighted by molar-refractivity contribution is 6.17. The van der Waals surface area contributed by atoms with E-state index in [1.54, 1.807) is 41.3 Å². The Balaban J connectivity index is 1.40. The van der Waals surface area contributed by atoms with Crippen LogP contribution in [0.4, 0.5) is 17.1 Å². The van der Waals surface area contributed by atoms with Crippen LogP contribution >= 0.6 is 0 Å². The molecule has 9 heteroatoms. The average Bonchev–Trinajstić information content (AvgIpc) is 2.91. The summed E-state index contributed by atoms with van der Waals surface area (Å²) >= 11 is 0. The number of hydrogen-bond donors (Lipinski definition) is 1. The number of nitrogens with one attached hydrogen (secondary N) is 1. The van der Waals surface area contributed by atoms with Crippen molar-refractivity contribution in [1.29, 1.82) is 0 Å². The fraction of sp³-hybridized carbons (Fsp3) is 0.286. The predicted octanol–water partition coefficient (Wildman–Crippen LogP) is 3.57. The lowest BCUT2D eigenvalue weighted by Gasteiger charge is -2.50. The molecule has 3 heterocycles. The van der Waals surface area contributed by atoms with Gasteiger partial charge in [0.2, 0.25) is 5.91 Å². The van der Waals surface area contributed by atoms with Gasteiger partial charge in [-0.3, -0.25) is 14.5 Å². The van der Waals surface area contributed by atoms with Crippen molar-refractivity contribution in [3.63, 3.8) is 0 Å². The van der Waals surface area contributed by atoms with Crippen LogP contribution < -0.4 is 34.1 Å². The van der Waals surface area contributed by atoms with Crippen LogP contribution in [0.3, 0.4) is 0 Å². The molecule has 6 rings (SSSR count). The molecule has 3 aliphatic rings. The number of carbonyl (C=O) groups is 2. The summed E-state index contributed by atoms with van der Waals surface area (Å²) in [4.78, 5) is 30.7. The fourth-order valence-electron chi connectivity index (χ4n) is 4.97. The lowest BCUT2D eigenvalue weighted by atomic mass is 9.75. The first-order valence-electron chi connectivity index (χ1n) is 12.2. The van der Waals surface area contributed by atoms with Gasteiger partial charge in [0, 0.05) is 43.3 Å². The van der Waals surface area contributed by atoms with E-state index in [0.717, 1.165) is 5.69 Å². The van der Waals surface area contributed by atoms with E-state index in [9.17, 15) is 9.59 Å². The van der Waals surface area contributed by atoms with Gasteiger partial charge in [-0.25, -0.2) is 0 Å². The molecular formula is C28H27N3O6. The molecule has 1 N–H and O–H groups in total. The summed E-state index contributed by atoms with van der Waals surface area (Å²) in [5.41, 5.74) is 1.57. The number of carbonyl (C=O) groups excluding carboxylic acids is 2. The van der Waals surface area contributed by atoms with E-state index in [0.29, 0.717) is 66.4 Å². The molecule has 1 unspecified atom stereocenters. The van der Waals surface area contributed by atoms with E-state index in [2.05, 4.69) is 5.32 Å². The molecular weight excluding hydrogens is 474 g/mol. The Morgan fingerprint density at radius 3 is 2.03 bits per heavy atom. The maximum Gasteiger partial charge on any atom is 0.255 e. The molecule has 3 aliphatic heterocycles. The highest BCUT2D eigenvalue weighted by Gasteiger charge is 2.58. The minimum Gasteiger partial charge on any atom is -0.486 e. The molecule has 37 heavy (non-hydrogen) atoms. The second kappa shape index (κ2) is 8.92. The van der Waals surface area contributed by atoms with Gasteiger partial charge in [0.15, 0.2) is 28.5 Å². The first kappa shape index (κ1) is 23.0. The Hall–Kier alpha value is -4.40. The van der Waals surface area contributed by atoms with Crippen molar-refractivity contribution in [1.82, 2.24) is 0 Å². The van der Waals surface area contributed by atoms with Gasteiger partial charge in [-0.2, -0.15) is 0 Å². The summed E-state index contributed by atoms with van der Waals surface area (Å²) in [7, 11) is 3.90. The summed E-state index contributed by atoms with van der Waals surface area (Å²) in [5, 5.41) is 3.02. The number of rotatable bonds is 5. The van der Waals surface area contributed by atoms with Crippen molar-refractivity contribution >= 4 is 28.9 Å². The van der Waals surface area contributed by atoms with Crippen LogP contribution in [0, 0.1) is 0 Å². The van der Waals surface area contributed by atoms with Gasteiger partial charge in [0.25, 0.3) is 5.91 Å². The average molecular weight is 502 g/mol. The minimum absolute atomic E-state index is 0.0269. The van der Waals surface area contributed by atoms with Crippen molar-refractivity contribution in [2.75, 3.05) is 55.6 Å². The number of ether oxygens (including phenoxy) is 4. The van der Waals surface area contributed by atoms with E-state index in [1.807, 2.05) is 43.3 Å². The van der Waals surface area contributed by atoms with Crippen molar-refractivity contribution in [3.05, 3.63) is 66.2 Å². The second-order valence-electron chi connectivity index (χ2n) is 9.35. The number of fused-ring (bicyclic) bond motifs is 2. The quantitative estimate of drug-likeness (QED) is 0.535. The first-order valence-corrected chi connectivity index (χ1v) is 12.2. The van der Waals surface area contributed by atoms with Gasteiger partial charge in [0.05, 0.1) is 6.42 Å². The molecule has 0 aliphatic carbocycles. The van der Waals surface area contributed by atoms with Gasteiger partial charge in [0.1, 0.15) is 26.4 Å². The molecule has 0 radical (unpaired) electrons. The van der Waals surface area contributed by atoms with Crippen LogP contribution in [0.1, 0.15) is 12.0 Å². The molecule has 1 atom stereocenters. The molecule has 0 aromatic heterocycles. The molecule has 1 fully saturated rings. The Morgan fingerprint density at radius 1 is 0.811 bits per heavy atom. The minimum atomic E-state index is -1.25. The summed E-state index contributed by atoms with van der Waals surface area (Å²) in [6.07, 6.45) is 0.0269. The van der Waals surface area contributed by atoms with Crippen molar-refractivity contribution in [2.24, 2.45) is 0 Å². The fourth-order valence-corrected chi connectivity index (χ4v) is 4.97. The van der Waals surface area contributed by atoms with Crippen LogP contribution in [0.25, 0.3) is 0 Å². The lowest BCUT2D eigenvalue weighted by Crippen LogP contribution is -2.67. The van der Waals surface area contributed by atoms with Crippen molar-refractivity contribution < 1.29 is 28.5 Å². The van der Waals surface area contributed by atoms with E-state index >= 15 is 0 Å². The third-order valence-electron chi connectivity index (χ3n) is 6.86. The molecule has 0 bridgehead atoms. The topological polar surface area (TPSA) is 89.6 Å². The Kier molecular flexibility index (Phi) is 5.55. The molecule has 9 nitrogen and oxygen atoms in total. The third-order valence-corrected chi connectivity index (χ3v) is 6.86. The zero-order valence-electron chi connectivity index (χ0n) is 20.7. The van der Waals surface area contributed by atoms with Gasteiger partial charge < -0.3 is 29.2 Å². The van der Waals surface area contributed by atoms with Gasteiger partial charge >= 0.3 is 0 Å². The molecule has 0 saturated carbocycles. The number of benzene rings is 3. The summed E-state index contributed by atoms with van der Waals surface area (Å²) in [6.45, 7) is 1.82. The van der Waals surface area contributed by atoms with Crippen LogP contribution in [0.15, 0.2) is 60.7 Å². The number of nitrogens with zero attached hydrogens (tertiary/aromatic N) is 2. The molecule has 0 spiro atoms. The normalized spacial score (nSPS) is 19.6. The number of hydrogen-bond acceptors (Lipinski definition) is 7. The molecule has 2 amide bonds. The Bertz CT molecular complexity index is 1370. The first-order chi connectivity index (χ1) is 18.0. The van der Waals surface area contributed by atoms with E-state index < -0.39 is 5.54 Å². The van der Waals surface area contributed by atoms with Crippen LogP contribution in [-0.4, -0.2) is 52.3 Å². The van der Waals surface area contributed by atoms with Gasteiger partial charge in [-0.05, 0) is 42.0 Å². The highest BCUT2D eigenvalue weighted by atomic mass is 16.6. The third kappa shape index (κ3) is 3.87. The lowest BCUT2D eigenvalue weighted by molar-refractivity contribution is -0.137. The van der Waals surface area contributed by atoms with Gasteiger partial charge in [-0.15, -0.1) is 0 Å². The molecule has 1 saturated heterocycles. The van der Waals surface area contributed by atoms with Gasteiger partial charge in [-0.1, -0.05) is 12.1 Å². The number of anilines is 3. The maximum absolute atomic E-state index is 14.1. The monoisotopic (exact) mass is 501 g/mol. The molecule has 190 valence electrons. The van der Waals surface area contributed by atoms with Crippen molar-refractivity contribution in [2.45, 2.75) is 12.0 Å². The summed E-state index contributed by atoms with van der Waals surface area (Å²) in [5.74, 6) is 1.89. The smallest absolute Gasteiger partial charge is 0.255 e. The second-order valence-corrected chi connectivity index (χ2v) is 9.35. The predicted molar refractivity (Wildman–Crippen MR) is 138 cm³/mol. The maximum atomic E-state index is 14.1. The highest BCUT2D eigenvalue weighted by Crippen LogP contribution is 2.48. The van der Waals surface area contributed by atoms with E-state index in [-0.39, 0.29) is 18.2 Å².